The predicted molar refractivity (Wildman–Crippen MR) is 101 cm³/mol. The maximum absolute atomic E-state index is 11.8. The molecule has 1 fully saturated rings. The molecule has 0 aliphatic carbocycles. The zero-order valence-corrected chi connectivity index (χ0v) is 16.6. The average molecular weight is 399 g/mol. The topological polar surface area (TPSA) is 82.1 Å². The molecule has 2 atom stereocenters. The molecular weight excluding hydrogens is 372 g/mol. The number of cyclic esters (lactones) is 1. The molecule has 0 unspecified atom stereocenters. The number of hydrogen-bond donors (Lipinski definition) is 1. The normalized spacial score (nSPS) is 21.8. The molecule has 2 rings (SSSR count). The van der Waals surface area contributed by atoms with Gasteiger partial charge in [0.25, 0.3) is 0 Å². The van der Waals surface area contributed by atoms with E-state index in [9.17, 15) is 14.7 Å². The van der Waals surface area contributed by atoms with Crippen molar-refractivity contribution in [1.29, 1.82) is 0 Å². The van der Waals surface area contributed by atoms with Crippen LogP contribution in [0, 0.1) is 0 Å². The molecule has 1 saturated heterocycles. The molecule has 0 bridgehead atoms. The number of methoxy groups -OCH3 is 2. The zero-order chi connectivity index (χ0) is 19.9. The molecule has 7 heteroatoms. The van der Waals surface area contributed by atoms with Crippen molar-refractivity contribution in [2.75, 3.05) is 14.2 Å². The van der Waals surface area contributed by atoms with Gasteiger partial charge in [0.15, 0.2) is 5.60 Å². The van der Waals surface area contributed by atoms with Gasteiger partial charge in [0.2, 0.25) is 0 Å². The number of benzene rings is 1. The molecular formula is C20H27ClO6. The molecule has 1 aliphatic heterocycles. The van der Waals surface area contributed by atoms with Crippen molar-refractivity contribution in [1.82, 2.24) is 0 Å². The Hall–Kier alpha value is -1.79. The van der Waals surface area contributed by atoms with Gasteiger partial charge in [-0.15, -0.1) is 0 Å². The Kier molecular flexibility index (Phi) is 7.92. The van der Waals surface area contributed by atoms with E-state index in [2.05, 4.69) is 4.74 Å². The molecule has 27 heavy (non-hydrogen) atoms. The van der Waals surface area contributed by atoms with Crippen LogP contribution in [0.25, 0.3) is 0 Å². The Labute approximate surface area is 164 Å². The quantitative estimate of drug-likeness (QED) is 0.480. The molecule has 1 aliphatic rings. The smallest absolute Gasteiger partial charge is 0.339 e. The third kappa shape index (κ3) is 6.11. The second-order valence-corrected chi connectivity index (χ2v) is 7.36. The number of halogens is 1. The lowest BCUT2D eigenvalue weighted by atomic mass is 9.93. The highest BCUT2D eigenvalue weighted by Crippen LogP contribution is 2.32. The van der Waals surface area contributed by atoms with E-state index in [4.69, 9.17) is 21.1 Å². The van der Waals surface area contributed by atoms with E-state index in [1.54, 1.807) is 7.11 Å². The van der Waals surface area contributed by atoms with Crippen LogP contribution >= 0.6 is 11.6 Å². The first-order chi connectivity index (χ1) is 12.9. The summed E-state index contributed by atoms with van der Waals surface area (Å²) < 4.78 is 15.1. The van der Waals surface area contributed by atoms with Gasteiger partial charge in [-0.3, -0.25) is 4.79 Å². The molecule has 1 N–H and O–H groups in total. The Bertz CT molecular complexity index is 662. The minimum Gasteiger partial charge on any atom is -0.496 e. The van der Waals surface area contributed by atoms with Crippen LogP contribution in [0.15, 0.2) is 18.2 Å². The van der Waals surface area contributed by atoms with Crippen LogP contribution in [0.2, 0.25) is 5.02 Å². The highest BCUT2D eigenvalue weighted by Gasteiger charge is 2.49. The van der Waals surface area contributed by atoms with E-state index >= 15 is 0 Å². The molecule has 6 nitrogen and oxygen atoms in total. The number of aryl methyl sites for hydroxylation is 1. The predicted octanol–water partition coefficient (Wildman–Crippen LogP) is 3.45. The van der Waals surface area contributed by atoms with Crippen LogP contribution in [-0.2, 0) is 25.5 Å². The third-order valence-electron chi connectivity index (χ3n) is 4.85. The lowest BCUT2D eigenvalue weighted by Crippen LogP contribution is -2.37. The fourth-order valence-electron chi connectivity index (χ4n) is 3.34. The van der Waals surface area contributed by atoms with E-state index in [1.807, 2.05) is 18.2 Å². The van der Waals surface area contributed by atoms with Crippen molar-refractivity contribution in [2.45, 2.75) is 63.1 Å². The first-order valence-corrected chi connectivity index (χ1v) is 9.58. The van der Waals surface area contributed by atoms with Crippen molar-refractivity contribution in [2.24, 2.45) is 0 Å². The van der Waals surface area contributed by atoms with E-state index in [0.717, 1.165) is 43.4 Å². The number of hydrogen-bond acceptors (Lipinski definition) is 6. The summed E-state index contributed by atoms with van der Waals surface area (Å²) in [5.41, 5.74) is -0.609. The van der Waals surface area contributed by atoms with Crippen molar-refractivity contribution in [3.8, 4) is 5.75 Å². The standard InChI is InChI=1S/C20H27ClO6/c1-25-17-11-15(21)10-9-14(17)7-5-3-4-6-8-16-12-20(24,19(23)27-16)13-18(22)26-2/h9-11,16,24H,3-8,12-13H2,1-2H3/t16-,20+/m1/s1. The van der Waals surface area contributed by atoms with Crippen molar-refractivity contribution in [3.63, 3.8) is 0 Å². The van der Waals surface area contributed by atoms with Gasteiger partial charge in [-0.2, -0.15) is 0 Å². The number of rotatable bonds is 10. The van der Waals surface area contributed by atoms with Crippen LogP contribution in [0.1, 0.15) is 50.5 Å². The molecule has 0 saturated carbocycles. The molecule has 1 aromatic carbocycles. The number of unbranched alkanes of at least 4 members (excludes halogenated alkanes) is 3. The van der Waals surface area contributed by atoms with Crippen molar-refractivity contribution < 1.29 is 28.9 Å². The van der Waals surface area contributed by atoms with Gasteiger partial charge in [0, 0.05) is 11.4 Å². The minimum absolute atomic E-state index is 0.142. The molecule has 1 heterocycles. The molecule has 0 amide bonds. The SMILES string of the molecule is COC(=O)C[C@@]1(O)C[C@@H](CCCCCCc2ccc(Cl)cc2OC)OC1=O. The largest absolute Gasteiger partial charge is 0.496 e. The van der Waals surface area contributed by atoms with Gasteiger partial charge in [-0.1, -0.05) is 30.5 Å². The summed E-state index contributed by atoms with van der Waals surface area (Å²) in [4.78, 5) is 23.2. The van der Waals surface area contributed by atoms with E-state index < -0.39 is 17.5 Å². The van der Waals surface area contributed by atoms with Gasteiger partial charge >= 0.3 is 11.9 Å². The molecule has 150 valence electrons. The van der Waals surface area contributed by atoms with Crippen LogP contribution in [0.5, 0.6) is 5.75 Å². The van der Waals surface area contributed by atoms with Crippen LogP contribution in [-0.4, -0.2) is 43.0 Å². The second kappa shape index (κ2) is 9.95. The highest BCUT2D eigenvalue weighted by atomic mass is 35.5. The Morgan fingerprint density at radius 1 is 1.30 bits per heavy atom. The number of carbonyl (C=O) groups is 2. The third-order valence-corrected chi connectivity index (χ3v) is 5.09. The Balaban J connectivity index is 1.66. The molecule has 0 aromatic heterocycles. The first-order valence-electron chi connectivity index (χ1n) is 9.20. The average Bonchev–Trinajstić information content (AvgIpc) is 2.92. The molecule has 1 aromatic rings. The summed E-state index contributed by atoms with van der Waals surface area (Å²) in [5, 5.41) is 10.9. The first kappa shape index (κ1) is 21.5. The number of esters is 2. The summed E-state index contributed by atoms with van der Waals surface area (Å²) in [6.07, 6.45) is 4.99. The van der Waals surface area contributed by atoms with E-state index in [0.29, 0.717) is 11.4 Å². The number of ether oxygens (including phenoxy) is 3. The molecule has 0 radical (unpaired) electrons. The van der Waals surface area contributed by atoms with Gasteiger partial charge in [0.1, 0.15) is 11.9 Å². The van der Waals surface area contributed by atoms with Crippen LogP contribution < -0.4 is 4.74 Å². The number of aliphatic hydroxyl groups is 1. The monoisotopic (exact) mass is 398 g/mol. The second-order valence-electron chi connectivity index (χ2n) is 6.92. The van der Waals surface area contributed by atoms with Crippen LogP contribution in [0.3, 0.4) is 0 Å². The number of carbonyl (C=O) groups excluding carboxylic acids is 2. The minimum atomic E-state index is -1.75. The van der Waals surface area contributed by atoms with Crippen molar-refractivity contribution >= 4 is 23.5 Å². The van der Waals surface area contributed by atoms with Gasteiger partial charge in [0.05, 0.1) is 20.6 Å². The summed E-state index contributed by atoms with van der Waals surface area (Å²) >= 11 is 5.97. The molecule has 0 spiro atoms. The maximum atomic E-state index is 11.8. The maximum Gasteiger partial charge on any atom is 0.339 e. The van der Waals surface area contributed by atoms with E-state index in [-0.39, 0.29) is 18.9 Å². The summed E-state index contributed by atoms with van der Waals surface area (Å²) in [7, 11) is 2.86. The highest BCUT2D eigenvalue weighted by molar-refractivity contribution is 6.30. The van der Waals surface area contributed by atoms with Gasteiger partial charge in [-0.25, -0.2) is 4.79 Å². The summed E-state index contributed by atoms with van der Waals surface area (Å²) in [5.74, 6) is -0.536. The van der Waals surface area contributed by atoms with Gasteiger partial charge in [-0.05, 0) is 43.4 Å². The lowest BCUT2D eigenvalue weighted by Gasteiger charge is -2.15. The zero-order valence-electron chi connectivity index (χ0n) is 15.8. The summed E-state index contributed by atoms with van der Waals surface area (Å²) in [6, 6.07) is 5.67. The Morgan fingerprint density at radius 2 is 2.04 bits per heavy atom. The van der Waals surface area contributed by atoms with Gasteiger partial charge < -0.3 is 19.3 Å². The Morgan fingerprint density at radius 3 is 2.74 bits per heavy atom. The fourth-order valence-corrected chi connectivity index (χ4v) is 3.51. The fraction of sp³-hybridized carbons (Fsp3) is 0.600. The van der Waals surface area contributed by atoms with E-state index in [1.165, 1.54) is 7.11 Å². The van der Waals surface area contributed by atoms with Crippen LogP contribution in [0.4, 0.5) is 0 Å². The van der Waals surface area contributed by atoms with Crippen molar-refractivity contribution in [3.05, 3.63) is 28.8 Å². The lowest BCUT2D eigenvalue weighted by molar-refractivity contribution is -0.161. The summed E-state index contributed by atoms with van der Waals surface area (Å²) in [6.45, 7) is 0.